The summed E-state index contributed by atoms with van der Waals surface area (Å²) in [6, 6.07) is 0. The molecule has 26 unspecified atom stereocenters. The molecule has 27 fully saturated rings. The van der Waals surface area contributed by atoms with Crippen molar-refractivity contribution in [1.82, 2.24) is 0 Å². The number of aliphatic hydroxyl groups is 1. The highest BCUT2D eigenvalue weighted by Gasteiger charge is 2.79. The second-order valence-corrected chi connectivity index (χ2v) is 46.5. The molecule has 0 aromatic rings. The van der Waals surface area contributed by atoms with Crippen LogP contribution in [0.2, 0.25) is 0 Å². The van der Waals surface area contributed by atoms with E-state index in [1.807, 2.05) is 13.8 Å². The Hall–Kier alpha value is -6.01. The number of nitrogens with one attached hydrogen (secondary N) is 4. The molecule has 11 saturated heterocycles. The first-order valence-electron chi connectivity index (χ1n) is 55.2. The minimum absolute atomic E-state index is 0.0598. The standard InChI is InChI=1S/C24H32F2O8.C21H24F2O9.C19H22F2O8.C17H20F2O6.4C6H15N/c1-4-29-11(2)5-15-16-17(30-19(15)27)18-20(31-16)33-24(32-18)13-6-12-7-14(24)10-23(8-12,9-13)34-21(28)22(3,25)26;1-8(24)27-14-12-13(28-16(14)25)15-17(29-12)31-21(30-15)10-3-9-4-11(21)7-20(5-9,6-10)32-18(26)19(2,22)23;1-17(20,21)16(24)29-18-4-7-2-8(5-18)19(9(3-7)6-18)27-13-12-11(26-15(13)28-19)10(22)14(23)25-12;1-15(18,19)14(21)25-16-4-8-2-9(5-16)17(10(3-8)6-16)23-11-7-22-13(20)12(11)24-17;4*1-4-7(5-2)6-3/h11-18,20H,4-10H2,1-3H3;9-15,17H,3-7H2,1-2H3;7-13,15,22H,2-6H2,1H3;8-12H,2-7H2,1H3;4*4-6H2,1-3H3/p+4. The average Bonchev–Trinajstić information content (AvgIpc) is 1.51. The number of hydrogen-bond donors (Lipinski definition) is 5. The van der Waals surface area contributed by atoms with Crippen molar-refractivity contribution in [2.75, 3.05) is 91.8 Å². The van der Waals surface area contributed by atoms with Crippen molar-refractivity contribution >= 4 is 53.7 Å². The van der Waals surface area contributed by atoms with Gasteiger partial charge in [-0.25, -0.2) is 33.6 Å². The monoisotopic (exact) mass is 2130 g/mol. The number of carbonyl (C=O) groups is 9. The fourth-order valence-electron chi connectivity index (χ4n) is 30.1. The van der Waals surface area contributed by atoms with Crippen LogP contribution >= 0.6 is 0 Å². The Kier molecular flexibility index (Phi) is 33.9. The lowest BCUT2D eigenvalue weighted by atomic mass is 9.51. The Morgan fingerprint density at radius 2 is 0.635 bits per heavy atom. The van der Waals surface area contributed by atoms with Crippen molar-refractivity contribution in [2.24, 2.45) is 76.9 Å². The van der Waals surface area contributed by atoms with Gasteiger partial charge in [-0.2, -0.15) is 35.1 Å². The van der Waals surface area contributed by atoms with E-state index in [-0.39, 0.29) is 83.8 Å². The summed E-state index contributed by atoms with van der Waals surface area (Å²) in [7, 11) is 0. The van der Waals surface area contributed by atoms with Gasteiger partial charge in [-0.1, -0.05) is 0 Å². The number of quaternary nitrogens is 4. The van der Waals surface area contributed by atoms with Crippen molar-refractivity contribution < 1.29 is 202 Å². The Morgan fingerprint density at radius 1 is 0.358 bits per heavy atom. The molecule has 35 nitrogen and oxygen atoms in total. The smallest absolute Gasteiger partial charge is 0.377 e. The second-order valence-electron chi connectivity index (χ2n) is 46.5. The number of ether oxygens (including phenoxy) is 21. The molecule has 0 amide bonds. The zero-order valence-electron chi connectivity index (χ0n) is 89.3. The Bertz CT molecular complexity index is 4570. The minimum Gasteiger partial charge on any atom is -0.461 e. The molecule has 11 aliphatic heterocycles. The number of fused-ring (bicyclic) bond motifs is 10. The largest absolute Gasteiger partial charge is 0.461 e. The number of carbonyl (C=O) groups excluding carboxylic acids is 9. The highest BCUT2D eigenvalue weighted by Crippen LogP contribution is 2.71. The molecule has 840 valence electrons. The average molecular weight is 2130 g/mol. The number of aliphatic hydroxyl groups excluding tert-OH is 1. The van der Waals surface area contributed by atoms with Gasteiger partial charge in [0.05, 0.1) is 90.6 Å². The van der Waals surface area contributed by atoms with Crippen LogP contribution in [0.3, 0.4) is 0 Å². The molecule has 43 heteroatoms. The molecule has 4 spiro atoms. The molecule has 5 N–H and O–H groups in total. The van der Waals surface area contributed by atoms with E-state index in [0.29, 0.717) is 124 Å². The predicted molar refractivity (Wildman–Crippen MR) is 498 cm³/mol. The summed E-state index contributed by atoms with van der Waals surface area (Å²) >= 11 is 0. The van der Waals surface area contributed by atoms with Crippen molar-refractivity contribution in [3.05, 3.63) is 0 Å². The highest BCUT2D eigenvalue weighted by molar-refractivity contribution is 5.83. The lowest BCUT2D eigenvalue weighted by Gasteiger charge is -2.62. The van der Waals surface area contributed by atoms with Gasteiger partial charge in [0.25, 0.3) is 0 Å². The molecule has 0 radical (unpaired) electrons. The lowest BCUT2D eigenvalue weighted by Crippen LogP contribution is -3.11. The first kappa shape index (κ1) is 115. The first-order chi connectivity index (χ1) is 69.7. The molecule has 11 heterocycles. The van der Waals surface area contributed by atoms with E-state index in [0.717, 1.165) is 51.4 Å². The van der Waals surface area contributed by atoms with Gasteiger partial charge in [0, 0.05) is 88.6 Å². The quantitative estimate of drug-likeness (QED) is 0.0355. The second kappa shape index (κ2) is 43.9. The van der Waals surface area contributed by atoms with E-state index in [1.54, 1.807) is 19.6 Å². The molecule has 16 saturated carbocycles. The topological polar surface area (TPSA) is 385 Å². The zero-order chi connectivity index (χ0) is 107. The summed E-state index contributed by atoms with van der Waals surface area (Å²) in [6.07, 6.45) is 0.625. The SMILES string of the molecule is CC(=O)OC1C(=O)OC2C3OC4(OC3OC12)C1CC2CC4CC(OC(=O)C(C)(F)F)(C2)C1.CC(F)(F)C(=O)OC12CC3CC(C1)C1(OC4COC(=O)C4O1)C(C3)C2.CC(F)(F)C(=O)OC12CC3CC(C1)C1(OC4OC5C(O)C(=O)OC5C4O1)C(C3)C2.CCOC(C)CC1C(=O)OC2C3OC4(OC3OC12)C1CC2CC4CC(OC(=O)C(C)(F)F)(C2)C1.CC[NH+](CC)CC.CC[NH+](CC)CC.CC[NH+](CC)CC.CC[NH+](CC)CC. The summed E-state index contributed by atoms with van der Waals surface area (Å²) in [6.45, 7) is 50.0. The van der Waals surface area contributed by atoms with Crippen molar-refractivity contribution in [1.29, 1.82) is 0 Å². The van der Waals surface area contributed by atoms with E-state index in [1.165, 1.54) is 85.5 Å². The Morgan fingerprint density at radius 3 is 0.919 bits per heavy atom. The molecule has 148 heavy (non-hydrogen) atoms. The number of rotatable bonds is 25. The fourth-order valence-corrected chi connectivity index (χ4v) is 30.1. The third-order valence-corrected chi connectivity index (χ3v) is 36.7. The summed E-state index contributed by atoms with van der Waals surface area (Å²) < 4.78 is 230. The van der Waals surface area contributed by atoms with Crippen LogP contribution in [0, 0.1) is 76.9 Å². The molecule has 0 aromatic heterocycles. The van der Waals surface area contributed by atoms with E-state index in [9.17, 15) is 83.4 Å². The van der Waals surface area contributed by atoms with Gasteiger partial charge < -0.3 is 124 Å². The third-order valence-electron chi connectivity index (χ3n) is 36.7. The number of hydrogen-bond acceptors (Lipinski definition) is 31. The van der Waals surface area contributed by atoms with Crippen LogP contribution in [0.15, 0.2) is 0 Å². The number of cyclic esters (lactones) is 1. The highest BCUT2D eigenvalue weighted by atomic mass is 19.3. The summed E-state index contributed by atoms with van der Waals surface area (Å²) in [4.78, 5) is 114. The molecular formula is C105H162F8N4O31+4. The molecule has 16 bridgehead atoms. The van der Waals surface area contributed by atoms with Crippen LogP contribution in [0.5, 0.6) is 0 Å². The van der Waals surface area contributed by atoms with Crippen LogP contribution in [0.4, 0.5) is 35.1 Å². The summed E-state index contributed by atoms with van der Waals surface area (Å²) in [5.41, 5.74) is -3.61. The number of alkyl halides is 8. The van der Waals surface area contributed by atoms with Gasteiger partial charge in [0.2, 0.25) is 6.10 Å². The molecule has 27 aliphatic rings. The van der Waals surface area contributed by atoms with E-state index in [4.69, 9.17) is 99.5 Å². The van der Waals surface area contributed by atoms with Crippen LogP contribution in [-0.4, -0.2) is 324 Å². The Balaban J connectivity index is 0.000000130. The van der Waals surface area contributed by atoms with E-state index < -0.39 is 221 Å². The van der Waals surface area contributed by atoms with Gasteiger partial charge in [-0.05, 0) is 255 Å². The van der Waals surface area contributed by atoms with Crippen molar-refractivity contribution in [3.8, 4) is 0 Å². The van der Waals surface area contributed by atoms with Crippen LogP contribution in [0.25, 0.3) is 0 Å². The van der Waals surface area contributed by atoms with Gasteiger partial charge in [0.15, 0.2) is 90.9 Å². The van der Waals surface area contributed by atoms with Crippen molar-refractivity contribution in [2.45, 2.75) is 440 Å². The zero-order valence-corrected chi connectivity index (χ0v) is 89.3. The third kappa shape index (κ3) is 22.1. The maximum atomic E-state index is 13.6. The molecule has 27 rings (SSSR count). The van der Waals surface area contributed by atoms with Gasteiger partial charge >= 0.3 is 77.4 Å². The summed E-state index contributed by atoms with van der Waals surface area (Å²) in [5, 5.41) is 9.89. The lowest BCUT2D eigenvalue weighted by molar-refractivity contribution is -0.894. The first-order valence-corrected chi connectivity index (χ1v) is 55.2. The summed E-state index contributed by atoms with van der Waals surface area (Å²) in [5.74, 6) is -26.8. The van der Waals surface area contributed by atoms with Crippen LogP contribution in [-0.2, 0) is 143 Å². The molecular weight excluding hydrogens is 1970 g/mol. The number of esters is 9. The number of halogens is 8. The molecule has 16 aliphatic carbocycles. The van der Waals surface area contributed by atoms with Crippen molar-refractivity contribution in [3.63, 3.8) is 0 Å². The maximum absolute atomic E-state index is 13.6. The molecule has 26 atom stereocenters. The van der Waals surface area contributed by atoms with Gasteiger partial charge in [0.1, 0.15) is 53.4 Å². The van der Waals surface area contributed by atoms with Crippen LogP contribution < -0.4 is 19.6 Å². The van der Waals surface area contributed by atoms with E-state index >= 15 is 0 Å². The maximum Gasteiger partial charge on any atom is 0.377 e. The van der Waals surface area contributed by atoms with E-state index in [2.05, 4.69) is 83.1 Å². The molecule has 0 aromatic carbocycles. The predicted octanol–water partition coefficient (Wildman–Crippen LogP) is 6.82. The van der Waals surface area contributed by atoms with Gasteiger partial charge in [-0.15, -0.1) is 0 Å². The fraction of sp³-hybridized carbons (Fsp3) is 0.914. The minimum atomic E-state index is -3.55. The normalized spacial score (nSPS) is 43.3. The van der Waals surface area contributed by atoms with Crippen LogP contribution in [0.1, 0.15) is 266 Å². The Labute approximate surface area is 861 Å². The van der Waals surface area contributed by atoms with Gasteiger partial charge in [-0.3, -0.25) is 9.59 Å².